The Morgan fingerprint density at radius 1 is 1.38 bits per heavy atom. The molecule has 16 heavy (non-hydrogen) atoms. The summed E-state index contributed by atoms with van der Waals surface area (Å²) in [5, 5.41) is 3.25. The van der Waals surface area contributed by atoms with Gasteiger partial charge >= 0.3 is 0 Å². The molecule has 0 atom stereocenters. The molecule has 0 aromatic rings. The molecule has 1 heterocycles. The molecule has 0 aromatic carbocycles. The van der Waals surface area contributed by atoms with Crippen LogP contribution in [0.25, 0.3) is 0 Å². The molecule has 1 aliphatic rings. The number of rotatable bonds is 7. The first-order chi connectivity index (χ1) is 7.64. The first kappa shape index (κ1) is 13.9. The van der Waals surface area contributed by atoms with Crippen molar-refractivity contribution in [3.8, 4) is 0 Å². The van der Waals surface area contributed by atoms with Crippen LogP contribution < -0.4 is 10.0 Å². The molecule has 0 bridgehead atoms. The van der Waals surface area contributed by atoms with Crippen molar-refractivity contribution in [2.45, 2.75) is 32.3 Å². The number of hydrogen-bond donors (Lipinski definition) is 2. The first-order valence-corrected chi connectivity index (χ1v) is 7.59. The standard InChI is InChI=1S/C10H22N2O3S/c1-2-9-16(13,14)12-7-8-15-10-3-5-11-6-4-10/h10-12H,2-9H2,1H3. The van der Waals surface area contributed by atoms with Gasteiger partial charge in [-0.1, -0.05) is 6.92 Å². The van der Waals surface area contributed by atoms with Crippen molar-refractivity contribution in [3.05, 3.63) is 0 Å². The maximum absolute atomic E-state index is 11.3. The smallest absolute Gasteiger partial charge is 0.211 e. The lowest BCUT2D eigenvalue weighted by molar-refractivity contribution is 0.0367. The minimum absolute atomic E-state index is 0.195. The van der Waals surface area contributed by atoms with E-state index in [1.165, 1.54) is 0 Å². The third-order valence-corrected chi connectivity index (χ3v) is 4.13. The van der Waals surface area contributed by atoms with Gasteiger partial charge in [0.2, 0.25) is 10.0 Å². The Morgan fingerprint density at radius 3 is 2.69 bits per heavy atom. The second-order valence-corrected chi connectivity index (χ2v) is 5.96. The van der Waals surface area contributed by atoms with Gasteiger partial charge in [-0.3, -0.25) is 0 Å². The van der Waals surface area contributed by atoms with Crippen LogP contribution in [0.3, 0.4) is 0 Å². The quantitative estimate of drug-likeness (QED) is 0.628. The van der Waals surface area contributed by atoms with Gasteiger partial charge in [-0.05, 0) is 32.4 Å². The molecule has 96 valence electrons. The molecule has 0 radical (unpaired) electrons. The van der Waals surface area contributed by atoms with Crippen molar-refractivity contribution >= 4 is 10.0 Å². The van der Waals surface area contributed by atoms with Gasteiger partial charge in [-0.2, -0.15) is 0 Å². The zero-order valence-corrected chi connectivity index (χ0v) is 10.7. The monoisotopic (exact) mass is 250 g/mol. The van der Waals surface area contributed by atoms with Gasteiger partial charge in [-0.25, -0.2) is 13.1 Å². The molecule has 0 aliphatic carbocycles. The van der Waals surface area contributed by atoms with E-state index in [0.717, 1.165) is 25.9 Å². The van der Waals surface area contributed by atoms with Crippen LogP contribution in [0.15, 0.2) is 0 Å². The second-order valence-electron chi connectivity index (χ2n) is 4.03. The Hall–Kier alpha value is -0.170. The number of sulfonamides is 1. The normalized spacial score (nSPS) is 18.8. The summed E-state index contributed by atoms with van der Waals surface area (Å²) < 4.78 is 30.7. The average molecular weight is 250 g/mol. The molecule has 1 aliphatic heterocycles. The fourth-order valence-corrected chi connectivity index (χ4v) is 2.80. The Morgan fingerprint density at radius 2 is 2.06 bits per heavy atom. The van der Waals surface area contributed by atoms with Gasteiger partial charge in [0.25, 0.3) is 0 Å². The zero-order valence-electron chi connectivity index (χ0n) is 9.87. The molecule has 0 aromatic heterocycles. The summed E-state index contributed by atoms with van der Waals surface area (Å²) in [5.74, 6) is 0.195. The van der Waals surface area contributed by atoms with E-state index in [4.69, 9.17) is 4.74 Å². The topological polar surface area (TPSA) is 67.4 Å². The summed E-state index contributed by atoms with van der Waals surface area (Å²) in [6.45, 7) is 4.68. The molecular weight excluding hydrogens is 228 g/mol. The Kier molecular flexibility index (Phi) is 6.26. The number of nitrogens with one attached hydrogen (secondary N) is 2. The lowest BCUT2D eigenvalue weighted by Crippen LogP contribution is -2.35. The van der Waals surface area contributed by atoms with E-state index in [-0.39, 0.29) is 11.9 Å². The van der Waals surface area contributed by atoms with Gasteiger partial charge in [0.15, 0.2) is 0 Å². The van der Waals surface area contributed by atoms with Crippen molar-refractivity contribution in [2.24, 2.45) is 0 Å². The van der Waals surface area contributed by atoms with Crippen LogP contribution in [0.5, 0.6) is 0 Å². The molecule has 0 spiro atoms. The Bertz CT molecular complexity index is 274. The number of hydrogen-bond acceptors (Lipinski definition) is 4. The highest BCUT2D eigenvalue weighted by Crippen LogP contribution is 2.06. The fourth-order valence-electron chi connectivity index (χ4n) is 1.73. The molecule has 1 saturated heterocycles. The highest BCUT2D eigenvalue weighted by molar-refractivity contribution is 7.89. The van der Waals surface area contributed by atoms with E-state index in [1.807, 2.05) is 6.92 Å². The predicted molar refractivity (Wildman–Crippen MR) is 63.9 cm³/mol. The van der Waals surface area contributed by atoms with E-state index in [9.17, 15) is 8.42 Å². The van der Waals surface area contributed by atoms with Gasteiger partial charge in [-0.15, -0.1) is 0 Å². The maximum Gasteiger partial charge on any atom is 0.211 e. The summed E-state index contributed by atoms with van der Waals surface area (Å²) >= 11 is 0. The van der Waals surface area contributed by atoms with Crippen LogP contribution in [0.2, 0.25) is 0 Å². The zero-order chi connectivity index (χ0) is 11.9. The van der Waals surface area contributed by atoms with Crippen LogP contribution in [0.4, 0.5) is 0 Å². The van der Waals surface area contributed by atoms with E-state index in [0.29, 0.717) is 19.6 Å². The summed E-state index contributed by atoms with van der Waals surface area (Å²) in [6.07, 6.45) is 2.96. The van der Waals surface area contributed by atoms with E-state index < -0.39 is 10.0 Å². The molecule has 0 amide bonds. The Labute approximate surface area is 98.0 Å². The van der Waals surface area contributed by atoms with Crippen LogP contribution in [0.1, 0.15) is 26.2 Å². The van der Waals surface area contributed by atoms with E-state index in [1.54, 1.807) is 0 Å². The summed E-state index contributed by atoms with van der Waals surface area (Å²) in [4.78, 5) is 0. The molecular formula is C10H22N2O3S. The third-order valence-electron chi connectivity index (χ3n) is 2.54. The van der Waals surface area contributed by atoms with Gasteiger partial charge in [0.05, 0.1) is 18.5 Å². The van der Waals surface area contributed by atoms with Crippen molar-refractivity contribution in [2.75, 3.05) is 32.0 Å². The fraction of sp³-hybridized carbons (Fsp3) is 1.00. The maximum atomic E-state index is 11.3. The lowest BCUT2D eigenvalue weighted by atomic mass is 10.1. The minimum Gasteiger partial charge on any atom is -0.377 e. The van der Waals surface area contributed by atoms with Gasteiger partial charge < -0.3 is 10.1 Å². The van der Waals surface area contributed by atoms with Crippen LogP contribution in [-0.4, -0.2) is 46.5 Å². The summed E-state index contributed by atoms with van der Waals surface area (Å²) in [7, 11) is -3.08. The van der Waals surface area contributed by atoms with Crippen molar-refractivity contribution in [1.82, 2.24) is 10.0 Å². The SMILES string of the molecule is CCCS(=O)(=O)NCCOC1CCNCC1. The van der Waals surface area contributed by atoms with Crippen LogP contribution in [0, 0.1) is 0 Å². The van der Waals surface area contributed by atoms with Crippen LogP contribution in [-0.2, 0) is 14.8 Å². The summed E-state index contributed by atoms with van der Waals surface area (Å²) in [6, 6.07) is 0. The highest BCUT2D eigenvalue weighted by Gasteiger charge is 2.13. The number of piperidine rings is 1. The molecule has 1 rings (SSSR count). The molecule has 5 nitrogen and oxygen atoms in total. The number of ether oxygens (including phenoxy) is 1. The first-order valence-electron chi connectivity index (χ1n) is 5.93. The average Bonchev–Trinajstić information content (AvgIpc) is 2.26. The van der Waals surface area contributed by atoms with Crippen LogP contribution >= 0.6 is 0 Å². The summed E-state index contributed by atoms with van der Waals surface area (Å²) in [5.41, 5.74) is 0. The minimum atomic E-state index is -3.08. The molecule has 6 heteroatoms. The van der Waals surface area contributed by atoms with Gasteiger partial charge in [0.1, 0.15) is 0 Å². The third kappa shape index (κ3) is 5.79. The molecule has 0 saturated carbocycles. The van der Waals surface area contributed by atoms with Gasteiger partial charge in [0, 0.05) is 6.54 Å². The predicted octanol–water partition coefficient (Wildman–Crippen LogP) is 0.0844. The molecule has 0 unspecified atom stereocenters. The highest BCUT2D eigenvalue weighted by atomic mass is 32.2. The van der Waals surface area contributed by atoms with Crippen molar-refractivity contribution in [3.63, 3.8) is 0 Å². The van der Waals surface area contributed by atoms with E-state index in [2.05, 4.69) is 10.0 Å². The Balaban J connectivity index is 2.06. The van der Waals surface area contributed by atoms with Crippen molar-refractivity contribution in [1.29, 1.82) is 0 Å². The molecule has 2 N–H and O–H groups in total. The molecule has 1 fully saturated rings. The van der Waals surface area contributed by atoms with Crippen molar-refractivity contribution < 1.29 is 13.2 Å². The van der Waals surface area contributed by atoms with E-state index >= 15 is 0 Å². The second kappa shape index (κ2) is 7.21. The lowest BCUT2D eigenvalue weighted by Gasteiger charge is -2.22. The largest absolute Gasteiger partial charge is 0.377 e.